The van der Waals surface area contributed by atoms with Crippen LogP contribution in [0.1, 0.15) is 25.7 Å². The fourth-order valence-corrected chi connectivity index (χ4v) is 3.61. The van der Waals surface area contributed by atoms with Crippen molar-refractivity contribution in [3.8, 4) is 0 Å². The van der Waals surface area contributed by atoms with Gasteiger partial charge in [-0.2, -0.15) is 0 Å². The molecule has 82 valence electrons. The minimum Gasteiger partial charge on any atom is -0.310 e. The van der Waals surface area contributed by atoms with Crippen molar-refractivity contribution in [3.05, 3.63) is 0 Å². The van der Waals surface area contributed by atoms with Crippen molar-refractivity contribution in [1.82, 2.24) is 0 Å². The summed E-state index contributed by atoms with van der Waals surface area (Å²) in [5.41, 5.74) is 6.14. The summed E-state index contributed by atoms with van der Waals surface area (Å²) in [6, 6.07) is 0. The molecular formula is C10H20FN2S+. The normalized spacial score (nSPS) is 44.1. The van der Waals surface area contributed by atoms with Crippen LogP contribution < -0.4 is 10.6 Å². The van der Waals surface area contributed by atoms with Gasteiger partial charge in [0.1, 0.15) is 6.17 Å². The second kappa shape index (κ2) is 4.81. The number of hydrogen-bond donors (Lipinski definition) is 2. The molecule has 2 fully saturated rings. The zero-order valence-corrected chi connectivity index (χ0v) is 9.36. The molecule has 1 saturated heterocycles. The smallest absolute Gasteiger partial charge is 0.187 e. The maximum Gasteiger partial charge on any atom is 0.187 e. The third-order valence-corrected chi connectivity index (χ3v) is 4.60. The number of thioether (sulfide) groups is 1. The molecule has 14 heavy (non-hydrogen) atoms. The third kappa shape index (κ3) is 2.41. The molecule has 4 atom stereocenters. The third-order valence-electron chi connectivity index (χ3n) is 3.46. The Kier molecular flexibility index (Phi) is 3.68. The number of alkyl halides is 1. The zero-order chi connectivity index (χ0) is 9.97. The van der Waals surface area contributed by atoms with Gasteiger partial charge in [0.25, 0.3) is 0 Å². The average molecular weight is 219 g/mol. The highest BCUT2D eigenvalue weighted by Crippen LogP contribution is 2.26. The van der Waals surface area contributed by atoms with Crippen molar-refractivity contribution >= 4 is 11.8 Å². The van der Waals surface area contributed by atoms with Gasteiger partial charge >= 0.3 is 0 Å². The summed E-state index contributed by atoms with van der Waals surface area (Å²) in [4.78, 5) is 1.41. The van der Waals surface area contributed by atoms with Crippen LogP contribution in [0.15, 0.2) is 0 Å². The molecule has 1 saturated carbocycles. The van der Waals surface area contributed by atoms with Crippen LogP contribution in [0.5, 0.6) is 0 Å². The predicted octanol–water partition coefficient (Wildman–Crippen LogP) is 0.389. The zero-order valence-electron chi connectivity index (χ0n) is 8.55. The Balaban J connectivity index is 1.83. The number of rotatable bonds is 2. The first-order valence-electron chi connectivity index (χ1n) is 5.63. The van der Waals surface area contributed by atoms with Gasteiger partial charge in [-0.3, -0.25) is 5.73 Å². The Labute approximate surface area is 89.4 Å². The van der Waals surface area contributed by atoms with E-state index in [-0.39, 0.29) is 11.4 Å². The second-order valence-electron chi connectivity index (χ2n) is 4.46. The largest absolute Gasteiger partial charge is 0.310 e. The first-order chi connectivity index (χ1) is 6.77. The van der Waals surface area contributed by atoms with Gasteiger partial charge in [-0.25, -0.2) is 4.39 Å². The van der Waals surface area contributed by atoms with Crippen LogP contribution in [-0.2, 0) is 0 Å². The Morgan fingerprint density at radius 2 is 2.14 bits per heavy atom. The minimum absolute atomic E-state index is 0.198. The number of nitrogens with one attached hydrogen (secondary N) is 1. The van der Waals surface area contributed by atoms with E-state index in [4.69, 9.17) is 5.73 Å². The van der Waals surface area contributed by atoms with Gasteiger partial charge in [0.2, 0.25) is 0 Å². The number of nitrogens with two attached hydrogens (primary N) is 1. The number of halogens is 1. The molecular weight excluding hydrogens is 199 g/mol. The van der Waals surface area contributed by atoms with Crippen molar-refractivity contribution < 1.29 is 9.29 Å². The van der Waals surface area contributed by atoms with E-state index in [0.29, 0.717) is 0 Å². The van der Waals surface area contributed by atoms with Gasteiger partial charge in [0.05, 0.1) is 13.1 Å². The van der Waals surface area contributed by atoms with Crippen LogP contribution in [0.3, 0.4) is 0 Å². The lowest BCUT2D eigenvalue weighted by atomic mass is 9.87. The molecule has 0 radical (unpaired) electrons. The van der Waals surface area contributed by atoms with Gasteiger partial charge in [0, 0.05) is 11.7 Å². The van der Waals surface area contributed by atoms with Crippen molar-refractivity contribution in [2.45, 2.75) is 37.4 Å². The standard InChI is InChI=1S/C10H19FN2S/c11-9-4-2-1-3-8(9)7-13-5-6-14-10(13)12/h8-10H,1-7,12H2/p+1. The lowest BCUT2D eigenvalue weighted by Gasteiger charge is -2.28. The fraction of sp³-hybridized carbons (Fsp3) is 1.00. The first kappa shape index (κ1) is 10.7. The molecule has 0 spiro atoms. The Morgan fingerprint density at radius 1 is 1.36 bits per heavy atom. The quantitative estimate of drug-likeness (QED) is 0.704. The predicted molar refractivity (Wildman–Crippen MR) is 58.0 cm³/mol. The summed E-state index contributed by atoms with van der Waals surface area (Å²) in [7, 11) is 0. The van der Waals surface area contributed by atoms with E-state index in [9.17, 15) is 4.39 Å². The maximum absolute atomic E-state index is 13.6. The van der Waals surface area contributed by atoms with E-state index in [0.717, 1.165) is 38.1 Å². The molecule has 0 aromatic rings. The van der Waals surface area contributed by atoms with Crippen LogP contribution in [0, 0.1) is 5.92 Å². The van der Waals surface area contributed by atoms with E-state index >= 15 is 0 Å². The molecule has 0 aromatic heterocycles. The topological polar surface area (TPSA) is 30.5 Å². The van der Waals surface area contributed by atoms with E-state index in [2.05, 4.69) is 0 Å². The number of hydrogen-bond acceptors (Lipinski definition) is 2. The van der Waals surface area contributed by atoms with Crippen LogP contribution >= 0.6 is 11.8 Å². The summed E-state index contributed by atoms with van der Waals surface area (Å²) in [5, 5.41) is 0. The molecule has 1 heterocycles. The SMILES string of the molecule is NC1SCC[NH+]1CC1CCCCC1F. The van der Waals surface area contributed by atoms with Crippen molar-refractivity contribution in [1.29, 1.82) is 0 Å². The first-order valence-corrected chi connectivity index (χ1v) is 6.68. The molecule has 2 nitrogen and oxygen atoms in total. The summed E-state index contributed by atoms with van der Waals surface area (Å²) in [6.07, 6.45) is 3.57. The molecule has 2 aliphatic rings. The molecule has 2 rings (SSSR count). The van der Waals surface area contributed by atoms with Gasteiger partial charge in [-0.1, -0.05) is 24.6 Å². The highest BCUT2D eigenvalue weighted by molar-refractivity contribution is 7.99. The van der Waals surface area contributed by atoms with E-state index in [1.54, 1.807) is 0 Å². The Morgan fingerprint density at radius 3 is 2.79 bits per heavy atom. The number of quaternary nitrogens is 1. The average Bonchev–Trinajstić information content (AvgIpc) is 2.56. The second-order valence-corrected chi connectivity index (χ2v) is 5.71. The monoisotopic (exact) mass is 219 g/mol. The van der Waals surface area contributed by atoms with Crippen LogP contribution in [-0.4, -0.2) is 30.5 Å². The lowest BCUT2D eigenvalue weighted by molar-refractivity contribution is -0.906. The molecule has 0 amide bonds. The summed E-state index contributed by atoms with van der Waals surface area (Å²) in [5.74, 6) is 1.42. The Bertz CT molecular complexity index is 191. The van der Waals surface area contributed by atoms with E-state index in [1.807, 2.05) is 11.8 Å². The summed E-state index contributed by atoms with van der Waals surface area (Å²) < 4.78 is 13.6. The van der Waals surface area contributed by atoms with Crippen LogP contribution in [0.2, 0.25) is 0 Å². The molecule has 4 heteroatoms. The molecule has 0 bridgehead atoms. The van der Waals surface area contributed by atoms with Crippen molar-refractivity contribution in [3.63, 3.8) is 0 Å². The fourth-order valence-electron chi connectivity index (χ4n) is 2.52. The van der Waals surface area contributed by atoms with Gasteiger partial charge < -0.3 is 4.90 Å². The highest BCUT2D eigenvalue weighted by atomic mass is 32.2. The van der Waals surface area contributed by atoms with Gasteiger partial charge in [0.15, 0.2) is 5.50 Å². The van der Waals surface area contributed by atoms with Crippen molar-refractivity contribution in [2.24, 2.45) is 11.7 Å². The molecule has 0 aromatic carbocycles. The van der Waals surface area contributed by atoms with Crippen LogP contribution in [0.4, 0.5) is 4.39 Å². The highest BCUT2D eigenvalue weighted by Gasteiger charge is 2.33. The van der Waals surface area contributed by atoms with Gasteiger partial charge in [-0.15, -0.1) is 0 Å². The minimum atomic E-state index is -0.561. The molecule has 4 unspecified atom stereocenters. The van der Waals surface area contributed by atoms with Crippen molar-refractivity contribution in [2.75, 3.05) is 18.8 Å². The van der Waals surface area contributed by atoms with Gasteiger partial charge in [-0.05, 0) is 12.8 Å². The molecule has 1 aliphatic heterocycles. The Hall–Kier alpha value is 0.200. The van der Waals surface area contributed by atoms with Crippen LogP contribution in [0.25, 0.3) is 0 Å². The molecule has 1 aliphatic carbocycles. The summed E-state index contributed by atoms with van der Waals surface area (Å²) in [6.45, 7) is 2.07. The van der Waals surface area contributed by atoms with E-state index < -0.39 is 6.17 Å². The summed E-state index contributed by atoms with van der Waals surface area (Å²) >= 11 is 1.81. The lowest BCUT2D eigenvalue weighted by Crippen LogP contribution is -3.15. The van der Waals surface area contributed by atoms with E-state index in [1.165, 1.54) is 11.3 Å². The molecule has 3 N–H and O–H groups in total. The maximum atomic E-state index is 13.6.